The Morgan fingerprint density at radius 1 is 1.29 bits per heavy atom. The van der Waals surface area contributed by atoms with Crippen molar-refractivity contribution in [2.45, 2.75) is 52.1 Å². The molecule has 1 rings (SSSR count). The molecule has 0 aromatic rings. The fourth-order valence-electron chi connectivity index (χ4n) is 2.50. The number of amides is 1. The second kappa shape index (κ2) is 7.04. The standard InChI is InChI=1S/C14H23F2NO4/c1-14(2,3)21-13(20)17-6-4-9(5-7-17)10(12(15)16)8-11(18)19/h9-10,12H,4-8H2,1-3H3,(H,18,19). The lowest BCUT2D eigenvalue weighted by molar-refractivity contribution is -0.140. The number of piperidine rings is 1. The second-order valence-electron chi connectivity index (χ2n) is 6.40. The number of rotatable bonds is 4. The van der Waals surface area contributed by atoms with Crippen LogP contribution in [0.1, 0.15) is 40.0 Å². The first-order valence-corrected chi connectivity index (χ1v) is 7.08. The number of hydrogen-bond donors (Lipinski definition) is 1. The third-order valence-corrected chi connectivity index (χ3v) is 3.53. The largest absolute Gasteiger partial charge is 0.481 e. The molecule has 0 aliphatic carbocycles. The van der Waals surface area contributed by atoms with Gasteiger partial charge in [0.25, 0.3) is 0 Å². The van der Waals surface area contributed by atoms with Gasteiger partial charge in [-0.1, -0.05) is 0 Å². The molecule has 0 aromatic carbocycles. The maximum atomic E-state index is 13.0. The van der Waals surface area contributed by atoms with Crippen molar-refractivity contribution in [3.63, 3.8) is 0 Å². The summed E-state index contributed by atoms with van der Waals surface area (Å²) in [5.74, 6) is -2.74. The fourth-order valence-corrected chi connectivity index (χ4v) is 2.50. The van der Waals surface area contributed by atoms with Crippen LogP contribution in [0.15, 0.2) is 0 Å². The van der Waals surface area contributed by atoms with E-state index in [1.165, 1.54) is 4.90 Å². The normalized spacial score (nSPS) is 18.7. The number of alkyl halides is 2. The van der Waals surface area contributed by atoms with Gasteiger partial charge in [-0.3, -0.25) is 4.79 Å². The van der Waals surface area contributed by atoms with E-state index < -0.39 is 36.4 Å². The highest BCUT2D eigenvalue weighted by atomic mass is 19.3. The molecule has 1 saturated heterocycles. The third kappa shape index (κ3) is 5.85. The molecule has 0 saturated carbocycles. The molecule has 0 aromatic heterocycles. The Kier molecular flexibility index (Phi) is 5.92. The lowest BCUT2D eigenvalue weighted by Gasteiger charge is -2.36. The average Bonchev–Trinajstić information content (AvgIpc) is 2.33. The zero-order valence-corrected chi connectivity index (χ0v) is 12.6. The van der Waals surface area contributed by atoms with Crippen molar-refractivity contribution < 1.29 is 28.2 Å². The Morgan fingerprint density at radius 3 is 2.19 bits per heavy atom. The number of halogens is 2. The topological polar surface area (TPSA) is 66.8 Å². The van der Waals surface area contributed by atoms with Gasteiger partial charge in [0.15, 0.2) is 0 Å². The van der Waals surface area contributed by atoms with Crippen molar-refractivity contribution in [2.24, 2.45) is 11.8 Å². The molecule has 5 nitrogen and oxygen atoms in total. The highest BCUT2D eigenvalue weighted by Crippen LogP contribution is 2.32. The Balaban J connectivity index is 2.54. The minimum absolute atomic E-state index is 0.322. The number of aliphatic carboxylic acids is 1. The van der Waals surface area contributed by atoms with Crippen LogP contribution in [0, 0.1) is 11.8 Å². The van der Waals surface area contributed by atoms with E-state index in [4.69, 9.17) is 9.84 Å². The first kappa shape index (κ1) is 17.7. The van der Waals surface area contributed by atoms with Gasteiger partial charge in [-0.15, -0.1) is 0 Å². The third-order valence-electron chi connectivity index (χ3n) is 3.53. The number of carbonyl (C=O) groups excluding carboxylic acids is 1. The van der Waals surface area contributed by atoms with Crippen LogP contribution < -0.4 is 0 Å². The Labute approximate surface area is 123 Å². The quantitative estimate of drug-likeness (QED) is 0.867. The first-order valence-electron chi connectivity index (χ1n) is 7.08. The van der Waals surface area contributed by atoms with Gasteiger partial charge in [-0.25, -0.2) is 13.6 Å². The van der Waals surface area contributed by atoms with E-state index in [2.05, 4.69) is 0 Å². The lowest BCUT2D eigenvalue weighted by atomic mass is 9.82. The molecular formula is C14H23F2NO4. The van der Waals surface area contributed by atoms with Gasteiger partial charge in [-0.05, 0) is 39.5 Å². The monoisotopic (exact) mass is 307 g/mol. The van der Waals surface area contributed by atoms with Crippen molar-refractivity contribution in [3.05, 3.63) is 0 Å². The first-order chi connectivity index (χ1) is 9.60. The molecule has 0 spiro atoms. The van der Waals surface area contributed by atoms with Crippen molar-refractivity contribution in [1.29, 1.82) is 0 Å². The number of hydrogen-bond acceptors (Lipinski definition) is 3. The van der Waals surface area contributed by atoms with Crippen LogP contribution in [0.25, 0.3) is 0 Å². The predicted molar refractivity (Wildman–Crippen MR) is 72.3 cm³/mol. The Bertz CT molecular complexity index is 374. The summed E-state index contributed by atoms with van der Waals surface area (Å²) in [4.78, 5) is 24.0. The van der Waals surface area contributed by atoms with Crippen LogP contribution >= 0.6 is 0 Å². The van der Waals surface area contributed by atoms with Gasteiger partial charge >= 0.3 is 12.1 Å². The highest BCUT2D eigenvalue weighted by molar-refractivity contribution is 5.68. The minimum Gasteiger partial charge on any atom is -0.481 e. The smallest absolute Gasteiger partial charge is 0.410 e. The van der Waals surface area contributed by atoms with E-state index in [-0.39, 0.29) is 5.92 Å². The molecule has 1 N–H and O–H groups in total. The summed E-state index contributed by atoms with van der Waals surface area (Å²) in [6.45, 7) is 5.93. The molecule has 21 heavy (non-hydrogen) atoms. The van der Waals surface area contributed by atoms with Crippen LogP contribution in [-0.4, -0.2) is 47.2 Å². The van der Waals surface area contributed by atoms with Crippen LogP contribution in [0.3, 0.4) is 0 Å². The molecular weight excluding hydrogens is 284 g/mol. The molecule has 1 fully saturated rings. The highest BCUT2D eigenvalue weighted by Gasteiger charge is 2.35. The fraction of sp³-hybridized carbons (Fsp3) is 0.857. The van der Waals surface area contributed by atoms with Crippen LogP contribution in [0.4, 0.5) is 13.6 Å². The molecule has 1 atom stereocenters. The number of nitrogens with zero attached hydrogens (tertiary/aromatic N) is 1. The van der Waals surface area contributed by atoms with Crippen molar-refractivity contribution in [2.75, 3.05) is 13.1 Å². The molecule has 122 valence electrons. The summed E-state index contributed by atoms with van der Waals surface area (Å²) < 4.78 is 31.1. The zero-order chi connectivity index (χ0) is 16.2. The Morgan fingerprint density at radius 2 is 1.81 bits per heavy atom. The van der Waals surface area contributed by atoms with E-state index in [0.717, 1.165) is 0 Å². The summed E-state index contributed by atoms with van der Waals surface area (Å²) in [5, 5.41) is 8.71. The maximum absolute atomic E-state index is 13.0. The molecule has 0 bridgehead atoms. The van der Waals surface area contributed by atoms with E-state index >= 15 is 0 Å². The molecule has 1 unspecified atom stereocenters. The zero-order valence-electron chi connectivity index (χ0n) is 12.6. The molecule has 1 amide bonds. The van der Waals surface area contributed by atoms with Gasteiger partial charge in [0.2, 0.25) is 6.43 Å². The Hall–Kier alpha value is -1.40. The lowest BCUT2D eigenvalue weighted by Crippen LogP contribution is -2.43. The van der Waals surface area contributed by atoms with Gasteiger partial charge < -0.3 is 14.7 Å². The number of carboxylic acids is 1. The van der Waals surface area contributed by atoms with Crippen LogP contribution in [0.5, 0.6) is 0 Å². The molecule has 0 radical (unpaired) electrons. The van der Waals surface area contributed by atoms with Crippen molar-refractivity contribution >= 4 is 12.1 Å². The van der Waals surface area contributed by atoms with E-state index in [1.54, 1.807) is 20.8 Å². The summed E-state index contributed by atoms with van der Waals surface area (Å²) in [5.41, 5.74) is -0.594. The second-order valence-corrected chi connectivity index (χ2v) is 6.40. The number of ether oxygens (including phenoxy) is 1. The summed E-state index contributed by atoms with van der Waals surface area (Å²) in [7, 11) is 0. The molecule has 1 heterocycles. The molecule has 7 heteroatoms. The van der Waals surface area contributed by atoms with Gasteiger partial charge in [0.05, 0.1) is 6.42 Å². The summed E-state index contributed by atoms with van der Waals surface area (Å²) >= 11 is 0. The predicted octanol–water partition coefficient (Wildman–Crippen LogP) is 2.99. The maximum Gasteiger partial charge on any atom is 0.410 e. The van der Waals surface area contributed by atoms with Crippen molar-refractivity contribution in [1.82, 2.24) is 4.90 Å². The van der Waals surface area contributed by atoms with Crippen molar-refractivity contribution in [3.8, 4) is 0 Å². The summed E-state index contributed by atoms with van der Waals surface area (Å²) in [6, 6.07) is 0. The van der Waals surface area contributed by atoms with Crippen LogP contribution in [-0.2, 0) is 9.53 Å². The molecule has 1 aliphatic rings. The number of carboxylic acid groups (broad SMARTS) is 1. The van der Waals surface area contributed by atoms with Gasteiger partial charge in [-0.2, -0.15) is 0 Å². The van der Waals surface area contributed by atoms with E-state index in [0.29, 0.717) is 25.9 Å². The average molecular weight is 307 g/mol. The molecule has 1 aliphatic heterocycles. The van der Waals surface area contributed by atoms with Gasteiger partial charge in [0, 0.05) is 19.0 Å². The minimum atomic E-state index is -2.65. The SMILES string of the molecule is CC(C)(C)OC(=O)N1CCC(C(CC(=O)O)C(F)F)CC1. The number of carbonyl (C=O) groups is 2. The van der Waals surface area contributed by atoms with E-state index in [9.17, 15) is 18.4 Å². The number of likely N-dealkylation sites (tertiary alicyclic amines) is 1. The van der Waals surface area contributed by atoms with E-state index in [1.807, 2.05) is 0 Å². The van der Waals surface area contributed by atoms with Gasteiger partial charge in [0.1, 0.15) is 5.60 Å². The van der Waals surface area contributed by atoms with Crippen LogP contribution in [0.2, 0.25) is 0 Å². The summed E-state index contributed by atoms with van der Waals surface area (Å²) in [6.07, 6.45) is -2.88.